The summed E-state index contributed by atoms with van der Waals surface area (Å²) in [5, 5.41) is 3.51. The van der Waals surface area contributed by atoms with Crippen LogP contribution < -0.4 is 5.32 Å². The molecule has 0 atom stereocenters. The minimum Gasteiger partial charge on any atom is -0.385 e. The third-order valence-corrected chi connectivity index (χ3v) is 3.18. The first-order valence-corrected chi connectivity index (χ1v) is 6.61. The third-order valence-electron chi connectivity index (χ3n) is 3.18. The van der Waals surface area contributed by atoms with E-state index in [1.54, 1.807) is 0 Å². The van der Waals surface area contributed by atoms with Gasteiger partial charge in [0.05, 0.1) is 0 Å². The topological polar surface area (TPSA) is 12.0 Å². The molecule has 0 saturated carbocycles. The molecule has 0 amide bonds. The van der Waals surface area contributed by atoms with Gasteiger partial charge in [0, 0.05) is 12.2 Å². The highest BCUT2D eigenvalue weighted by molar-refractivity contribution is 5.51. The fraction of sp³-hybridized carbons (Fsp3) is 0.294. The molecule has 0 aliphatic carbocycles. The van der Waals surface area contributed by atoms with Gasteiger partial charge in [-0.25, -0.2) is 0 Å². The van der Waals surface area contributed by atoms with Gasteiger partial charge in [0.1, 0.15) is 0 Å². The molecule has 1 heteroatoms. The highest BCUT2D eigenvalue weighted by atomic mass is 14.9. The van der Waals surface area contributed by atoms with Gasteiger partial charge < -0.3 is 5.32 Å². The summed E-state index contributed by atoms with van der Waals surface area (Å²) in [4.78, 5) is 0. The molecular formula is C17H21N. The van der Waals surface area contributed by atoms with Crippen molar-refractivity contribution in [3.8, 4) is 0 Å². The van der Waals surface area contributed by atoms with Crippen molar-refractivity contribution in [2.75, 3.05) is 11.9 Å². The van der Waals surface area contributed by atoms with Crippen molar-refractivity contribution < 1.29 is 0 Å². The minimum atomic E-state index is 1.03. The van der Waals surface area contributed by atoms with Gasteiger partial charge >= 0.3 is 0 Å². The van der Waals surface area contributed by atoms with E-state index in [1.807, 2.05) is 0 Å². The Hall–Kier alpha value is -1.76. The molecule has 2 aromatic carbocycles. The van der Waals surface area contributed by atoms with Gasteiger partial charge in [0.15, 0.2) is 0 Å². The minimum absolute atomic E-state index is 1.03. The van der Waals surface area contributed by atoms with Gasteiger partial charge in [-0.2, -0.15) is 0 Å². The lowest BCUT2D eigenvalue weighted by Gasteiger charge is -2.10. The van der Waals surface area contributed by atoms with E-state index >= 15 is 0 Å². The molecule has 0 heterocycles. The fourth-order valence-corrected chi connectivity index (χ4v) is 2.17. The van der Waals surface area contributed by atoms with E-state index in [0.29, 0.717) is 0 Å². The second-order valence-electron chi connectivity index (χ2n) is 4.83. The number of benzene rings is 2. The average Bonchev–Trinajstić information content (AvgIpc) is 2.38. The molecule has 2 rings (SSSR count). The first-order valence-electron chi connectivity index (χ1n) is 6.61. The van der Waals surface area contributed by atoms with Crippen LogP contribution in [-0.4, -0.2) is 6.54 Å². The largest absolute Gasteiger partial charge is 0.385 e. The van der Waals surface area contributed by atoms with E-state index in [9.17, 15) is 0 Å². The predicted molar refractivity (Wildman–Crippen MR) is 79.2 cm³/mol. The Bertz CT molecular complexity index is 488. The van der Waals surface area contributed by atoms with Crippen LogP contribution in [-0.2, 0) is 6.42 Å². The average molecular weight is 239 g/mol. The number of hydrogen-bond acceptors (Lipinski definition) is 1. The van der Waals surface area contributed by atoms with Crippen molar-refractivity contribution >= 4 is 5.69 Å². The third kappa shape index (κ3) is 3.63. The first-order chi connectivity index (χ1) is 8.75. The van der Waals surface area contributed by atoms with Crippen LogP contribution in [0, 0.1) is 13.8 Å². The van der Waals surface area contributed by atoms with Gasteiger partial charge in [-0.3, -0.25) is 0 Å². The molecule has 0 spiro atoms. The van der Waals surface area contributed by atoms with E-state index in [2.05, 4.69) is 67.7 Å². The van der Waals surface area contributed by atoms with E-state index in [4.69, 9.17) is 0 Å². The molecule has 0 saturated heterocycles. The smallest absolute Gasteiger partial charge is 0.0370 e. The normalized spacial score (nSPS) is 10.3. The molecule has 0 radical (unpaired) electrons. The molecule has 0 bridgehead atoms. The van der Waals surface area contributed by atoms with Crippen molar-refractivity contribution in [3.63, 3.8) is 0 Å². The van der Waals surface area contributed by atoms with Crippen molar-refractivity contribution in [1.29, 1.82) is 0 Å². The van der Waals surface area contributed by atoms with Crippen LogP contribution in [0.4, 0.5) is 5.69 Å². The van der Waals surface area contributed by atoms with Gasteiger partial charge in [-0.1, -0.05) is 48.0 Å². The van der Waals surface area contributed by atoms with E-state index < -0.39 is 0 Å². The predicted octanol–water partition coefficient (Wildman–Crippen LogP) is 4.35. The molecule has 0 aromatic heterocycles. The summed E-state index contributed by atoms with van der Waals surface area (Å²) in [7, 11) is 0. The van der Waals surface area contributed by atoms with Crippen molar-refractivity contribution in [1.82, 2.24) is 0 Å². The monoisotopic (exact) mass is 239 g/mol. The molecule has 0 aliphatic rings. The lowest BCUT2D eigenvalue weighted by molar-refractivity contribution is 0.862. The van der Waals surface area contributed by atoms with Crippen LogP contribution in [0.15, 0.2) is 48.5 Å². The zero-order chi connectivity index (χ0) is 12.8. The molecule has 1 nitrogen and oxygen atoms in total. The molecule has 94 valence electrons. The zero-order valence-electron chi connectivity index (χ0n) is 11.2. The summed E-state index contributed by atoms with van der Waals surface area (Å²) in [5.41, 5.74) is 5.32. The van der Waals surface area contributed by atoms with Gasteiger partial charge in [-0.05, 0) is 43.9 Å². The molecule has 0 aliphatic heterocycles. The van der Waals surface area contributed by atoms with Crippen LogP contribution >= 0.6 is 0 Å². The van der Waals surface area contributed by atoms with E-state index in [0.717, 1.165) is 19.4 Å². The SMILES string of the molecule is Cc1ccc(NCCCc2ccccc2)c(C)c1. The maximum absolute atomic E-state index is 3.51. The van der Waals surface area contributed by atoms with Gasteiger partial charge in [-0.15, -0.1) is 0 Å². The lowest BCUT2D eigenvalue weighted by Crippen LogP contribution is -2.04. The van der Waals surface area contributed by atoms with E-state index in [-0.39, 0.29) is 0 Å². The maximum atomic E-state index is 3.51. The maximum Gasteiger partial charge on any atom is 0.0370 e. The molecule has 0 fully saturated rings. The Morgan fingerprint density at radius 3 is 2.44 bits per heavy atom. The number of hydrogen-bond donors (Lipinski definition) is 1. The number of anilines is 1. The summed E-state index contributed by atoms with van der Waals surface area (Å²) in [6, 6.07) is 17.2. The zero-order valence-corrected chi connectivity index (χ0v) is 11.2. The lowest BCUT2D eigenvalue weighted by atomic mass is 10.1. The van der Waals surface area contributed by atoms with Crippen LogP contribution in [0.25, 0.3) is 0 Å². The molecular weight excluding hydrogens is 218 g/mol. The molecule has 2 aromatic rings. The highest BCUT2D eigenvalue weighted by Gasteiger charge is 1.97. The fourth-order valence-electron chi connectivity index (χ4n) is 2.17. The standard InChI is InChI=1S/C17H21N/c1-14-10-11-17(15(2)13-14)18-12-6-9-16-7-4-3-5-8-16/h3-5,7-8,10-11,13,18H,6,9,12H2,1-2H3. The molecule has 18 heavy (non-hydrogen) atoms. The van der Waals surface area contributed by atoms with Gasteiger partial charge in [0.25, 0.3) is 0 Å². The summed E-state index contributed by atoms with van der Waals surface area (Å²) >= 11 is 0. The quantitative estimate of drug-likeness (QED) is 0.765. The Balaban J connectivity index is 1.79. The van der Waals surface area contributed by atoms with Crippen molar-refractivity contribution in [2.24, 2.45) is 0 Å². The van der Waals surface area contributed by atoms with Crippen LogP contribution in [0.3, 0.4) is 0 Å². The second kappa shape index (κ2) is 6.25. The Morgan fingerprint density at radius 2 is 1.72 bits per heavy atom. The van der Waals surface area contributed by atoms with E-state index in [1.165, 1.54) is 22.4 Å². The van der Waals surface area contributed by atoms with Crippen LogP contribution in [0.2, 0.25) is 0 Å². The Morgan fingerprint density at radius 1 is 0.944 bits per heavy atom. The van der Waals surface area contributed by atoms with Crippen molar-refractivity contribution in [2.45, 2.75) is 26.7 Å². The number of nitrogens with one attached hydrogen (secondary N) is 1. The number of aryl methyl sites for hydroxylation is 3. The van der Waals surface area contributed by atoms with Crippen molar-refractivity contribution in [3.05, 3.63) is 65.2 Å². The van der Waals surface area contributed by atoms with Crippen LogP contribution in [0.5, 0.6) is 0 Å². The number of rotatable bonds is 5. The summed E-state index contributed by atoms with van der Waals surface area (Å²) in [5.74, 6) is 0. The summed E-state index contributed by atoms with van der Waals surface area (Å²) in [6.45, 7) is 5.32. The molecule has 1 N–H and O–H groups in total. The summed E-state index contributed by atoms with van der Waals surface area (Å²) < 4.78 is 0. The first kappa shape index (κ1) is 12.7. The van der Waals surface area contributed by atoms with Gasteiger partial charge in [0.2, 0.25) is 0 Å². The Kier molecular flexibility index (Phi) is 4.40. The second-order valence-corrected chi connectivity index (χ2v) is 4.83. The molecule has 0 unspecified atom stereocenters. The highest BCUT2D eigenvalue weighted by Crippen LogP contribution is 2.16. The van der Waals surface area contributed by atoms with Crippen LogP contribution in [0.1, 0.15) is 23.1 Å². The summed E-state index contributed by atoms with van der Waals surface area (Å²) in [6.07, 6.45) is 2.30. The Labute approximate surface area is 110 Å².